The van der Waals surface area contributed by atoms with Gasteiger partial charge in [0.1, 0.15) is 0 Å². The average molecular weight is 235 g/mol. The van der Waals surface area contributed by atoms with Crippen molar-refractivity contribution in [3.8, 4) is 0 Å². The maximum atomic E-state index is 12.4. The Hall–Kier alpha value is -1.16. The van der Waals surface area contributed by atoms with Crippen molar-refractivity contribution in [2.75, 3.05) is 13.1 Å². The van der Waals surface area contributed by atoms with Gasteiger partial charge in [0, 0.05) is 24.7 Å². The number of nitrogens with one attached hydrogen (secondary N) is 1. The van der Waals surface area contributed by atoms with Crippen molar-refractivity contribution in [1.82, 2.24) is 15.1 Å². The molecule has 94 valence electrons. The second kappa shape index (κ2) is 5.00. The number of aryl methyl sites for hydroxylation is 1. The number of piperidine rings is 1. The van der Waals surface area contributed by atoms with E-state index in [1.54, 1.807) is 6.20 Å². The van der Waals surface area contributed by atoms with Gasteiger partial charge in [-0.05, 0) is 25.8 Å². The third-order valence-electron chi connectivity index (χ3n) is 3.49. The van der Waals surface area contributed by atoms with Crippen molar-refractivity contribution in [1.29, 1.82) is 0 Å². The highest BCUT2D eigenvalue weighted by atomic mass is 16.1. The summed E-state index contributed by atoms with van der Waals surface area (Å²) < 4.78 is 1.85. The zero-order valence-electron chi connectivity index (χ0n) is 10.7. The smallest absolute Gasteiger partial charge is 0.173 e. The van der Waals surface area contributed by atoms with E-state index in [9.17, 15) is 4.79 Å². The topological polar surface area (TPSA) is 46.9 Å². The second-order valence-electron chi connectivity index (χ2n) is 5.16. The van der Waals surface area contributed by atoms with Crippen LogP contribution in [0.1, 0.15) is 43.5 Å². The zero-order chi connectivity index (χ0) is 12.3. The number of nitrogens with zero attached hydrogens (tertiary/aromatic N) is 2. The number of ketones is 1. The lowest BCUT2D eigenvalue weighted by atomic mass is 9.77. The zero-order valence-corrected chi connectivity index (χ0v) is 10.7. The Morgan fingerprint density at radius 1 is 1.65 bits per heavy atom. The van der Waals surface area contributed by atoms with E-state index in [0.29, 0.717) is 0 Å². The van der Waals surface area contributed by atoms with E-state index in [1.807, 2.05) is 10.9 Å². The fourth-order valence-corrected chi connectivity index (χ4v) is 2.43. The van der Waals surface area contributed by atoms with Gasteiger partial charge < -0.3 is 5.32 Å². The lowest BCUT2D eigenvalue weighted by Crippen LogP contribution is -2.43. The van der Waals surface area contributed by atoms with Gasteiger partial charge in [0.05, 0.1) is 11.8 Å². The summed E-state index contributed by atoms with van der Waals surface area (Å²) in [6.45, 7) is 6.85. The molecule has 17 heavy (non-hydrogen) atoms. The van der Waals surface area contributed by atoms with Gasteiger partial charge in [-0.2, -0.15) is 5.10 Å². The van der Waals surface area contributed by atoms with Crippen LogP contribution >= 0.6 is 0 Å². The van der Waals surface area contributed by atoms with Gasteiger partial charge in [0.15, 0.2) is 5.78 Å². The number of Topliss-reactive ketones (excluding diaryl/α,β-unsaturated/α-hetero) is 1. The van der Waals surface area contributed by atoms with Crippen LogP contribution in [0.5, 0.6) is 0 Å². The number of hydrogen-bond acceptors (Lipinski definition) is 3. The van der Waals surface area contributed by atoms with E-state index in [-0.39, 0.29) is 11.2 Å². The number of hydrogen-bond donors (Lipinski definition) is 1. The van der Waals surface area contributed by atoms with Gasteiger partial charge >= 0.3 is 0 Å². The van der Waals surface area contributed by atoms with Crippen molar-refractivity contribution in [3.63, 3.8) is 0 Å². The third-order valence-corrected chi connectivity index (χ3v) is 3.49. The molecule has 0 radical (unpaired) electrons. The molecule has 4 heteroatoms. The van der Waals surface area contributed by atoms with Crippen LogP contribution in [0.3, 0.4) is 0 Å². The van der Waals surface area contributed by atoms with E-state index < -0.39 is 0 Å². The van der Waals surface area contributed by atoms with Crippen LogP contribution in [0.25, 0.3) is 0 Å². The van der Waals surface area contributed by atoms with Crippen LogP contribution in [-0.4, -0.2) is 28.7 Å². The Morgan fingerprint density at radius 3 is 3.12 bits per heavy atom. The largest absolute Gasteiger partial charge is 0.316 e. The highest BCUT2D eigenvalue weighted by Crippen LogP contribution is 2.29. The summed E-state index contributed by atoms with van der Waals surface area (Å²) in [6.07, 6.45) is 6.67. The van der Waals surface area contributed by atoms with Gasteiger partial charge in [0.2, 0.25) is 0 Å². The molecule has 1 N–H and O–H groups in total. The Bertz CT molecular complexity index is 391. The van der Waals surface area contributed by atoms with Crippen LogP contribution in [0.2, 0.25) is 0 Å². The van der Waals surface area contributed by atoms with Crippen LogP contribution in [0.4, 0.5) is 0 Å². The van der Waals surface area contributed by atoms with Crippen molar-refractivity contribution in [2.45, 2.75) is 39.7 Å². The molecular formula is C13H21N3O. The normalized spacial score (nSPS) is 24.8. The average Bonchev–Trinajstić information content (AvgIpc) is 2.78. The minimum atomic E-state index is -0.252. The van der Waals surface area contributed by atoms with E-state index >= 15 is 0 Å². The molecule has 0 bridgehead atoms. The summed E-state index contributed by atoms with van der Waals surface area (Å²) in [5, 5.41) is 7.54. The first kappa shape index (κ1) is 12.3. The Kier molecular flexibility index (Phi) is 3.62. The van der Waals surface area contributed by atoms with Crippen molar-refractivity contribution < 1.29 is 4.79 Å². The fraction of sp³-hybridized carbons (Fsp3) is 0.692. The molecule has 1 saturated heterocycles. The Labute approximate surface area is 102 Å². The Balaban J connectivity index is 2.12. The van der Waals surface area contributed by atoms with Crippen molar-refractivity contribution >= 4 is 5.78 Å². The lowest BCUT2D eigenvalue weighted by molar-refractivity contribution is 0.0773. The molecule has 4 nitrogen and oxygen atoms in total. The number of aromatic nitrogens is 2. The van der Waals surface area contributed by atoms with E-state index in [1.165, 1.54) is 0 Å². The van der Waals surface area contributed by atoms with Gasteiger partial charge in [-0.25, -0.2) is 0 Å². The number of carbonyl (C=O) groups excluding carboxylic acids is 1. The summed E-state index contributed by atoms with van der Waals surface area (Å²) in [5.41, 5.74) is 0.503. The minimum Gasteiger partial charge on any atom is -0.316 e. The van der Waals surface area contributed by atoms with Crippen molar-refractivity contribution in [2.24, 2.45) is 5.41 Å². The highest BCUT2D eigenvalue weighted by Gasteiger charge is 2.35. The first-order valence-corrected chi connectivity index (χ1v) is 6.44. The molecule has 2 heterocycles. The van der Waals surface area contributed by atoms with E-state index in [4.69, 9.17) is 0 Å². The summed E-state index contributed by atoms with van der Waals surface area (Å²) in [5.74, 6) is 0.229. The van der Waals surface area contributed by atoms with Crippen LogP contribution in [-0.2, 0) is 6.54 Å². The summed E-state index contributed by atoms with van der Waals surface area (Å²) in [6, 6.07) is 0. The molecule has 1 fully saturated rings. The molecule has 0 spiro atoms. The molecule has 1 unspecified atom stereocenters. The van der Waals surface area contributed by atoms with E-state index in [2.05, 4.69) is 24.3 Å². The highest BCUT2D eigenvalue weighted by molar-refractivity contribution is 6.00. The van der Waals surface area contributed by atoms with Gasteiger partial charge in [0.25, 0.3) is 0 Å². The first-order chi connectivity index (χ1) is 8.15. The molecule has 1 atom stereocenters. The molecule has 1 aliphatic heterocycles. The molecule has 0 amide bonds. The van der Waals surface area contributed by atoms with Gasteiger partial charge in [-0.3, -0.25) is 9.48 Å². The van der Waals surface area contributed by atoms with Gasteiger partial charge in [-0.1, -0.05) is 13.8 Å². The summed E-state index contributed by atoms with van der Waals surface area (Å²) >= 11 is 0. The standard InChI is InChI=1S/C13H21N3O/c1-3-7-16-9-11(8-15-16)12(17)13(2)5-4-6-14-10-13/h8-9,14H,3-7,10H2,1-2H3. The summed E-state index contributed by atoms with van der Waals surface area (Å²) in [7, 11) is 0. The van der Waals surface area contributed by atoms with Crippen LogP contribution in [0, 0.1) is 5.41 Å². The fourth-order valence-electron chi connectivity index (χ4n) is 2.43. The van der Waals surface area contributed by atoms with Crippen molar-refractivity contribution in [3.05, 3.63) is 18.0 Å². The molecular weight excluding hydrogens is 214 g/mol. The molecule has 0 saturated carbocycles. The maximum Gasteiger partial charge on any atom is 0.173 e. The van der Waals surface area contributed by atoms with E-state index in [0.717, 1.165) is 44.5 Å². The predicted octanol–water partition coefficient (Wildman–Crippen LogP) is 1.87. The molecule has 1 aromatic heterocycles. The first-order valence-electron chi connectivity index (χ1n) is 6.44. The molecule has 0 aromatic carbocycles. The van der Waals surface area contributed by atoms with Crippen LogP contribution < -0.4 is 5.32 Å². The molecule has 2 rings (SSSR count). The third kappa shape index (κ3) is 2.57. The minimum absolute atomic E-state index is 0.229. The van der Waals surface area contributed by atoms with Gasteiger partial charge in [-0.15, -0.1) is 0 Å². The van der Waals surface area contributed by atoms with Crippen LogP contribution in [0.15, 0.2) is 12.4 Å². The quantitative estimate of drug-likeness (QED) is 0.810. The SMILES string of the molecule is CCCn1cc(C(=O)C2(C)CCCNC2)cn1. The lowest BCUT2D eigenvalue weighted by Gasteiger charge is -2.32. The molecule has 1 aromatic rings. The molecule has 0 aliphatic carbocycles. The predicted molar refractivity (Wildman–Crippen MR) is 67.1 cm³/mol. The number of carbonyl (C=O) groups is 1. The summed E-state index contributed by atoms with van der Waals surface area (Å²) in [4.78, 5) is 12.4. The Morgan fingerprint density at radius 2 is 2.47 bits per heavy atom. The maximum absolute atomic E-state index is 12.4. The number of rotatable bonds is 4. The second-order valence-corrected chi connectivity index (χ2v) is 5.16. The molecule has 1 aliphatic rings. The monoisotopic (exact) mass is 235 g/mol.